The van der Waals surface area contributed by atoms with Crippen LogP contribution < -0.4 is 20.1 Å². The Kier molecular flexibility index (Phi) is 8.15. The first-order valence-electron chi connectivity index (χ1n) is 7.08. The Labute approximate surface area is 134 Å². The van der Waals surface area contributed by atoms with Gasteiger partial charge in [0.2, 0.25) is 5.91 Å². The van der Waals surface area contributed by atoms with Gasteiger partial charge in [-0.05, 0) is 47.5 Å². The third kappa shape index (κ3) is 5.93. The van der Waals surface area contributed by atoms with Crippen molar-refractivity contribution in [1.82, 2.24) is 10.6 Å². The minimum Gasteiger partial charge on any atom is -0.493 e. The van der Waals surface area contributed by atoms with Gasteiger partial charge in [0, 0.05) is 26.1 Å². The predicted molar refractivity (Wildman–Crippen MR) is 86.9 cm³/mol. The lowest BCUT2D eigenvalue weighted by Gasteiger charge is -2.13. The Balaban J connectivity index is 2.56. The number of hydrogen-bond donors (Lipinski definition) is 2. The summed E-state index contributed by atoms with van der Waals surface area (Å²) in [6, 6.07) is 3.93. The van der Waals surface area contributed by atoms with E-state index in [2.05, 4.69) is 26.6 Å². The second-order valence-corrected chi connectivity index (χ2v) is 5.28. The molecule has 0 aliphatic heterocycles. The van der Waals surface area contributed by atoms with E-state index in [0.29, 0.717) is 44.2 Å². The molecule has 5 nitrogen and oxygen atoms in total. The summed E-state index contributed by atoms with van der Waals surface area (Å²) in [6.45, 7) is 6.40. The van der Waals surface area contributed by atoms with E-state index in [-0.39, 0.29) is 5.91 Å². The highest BCUT2D eigenvalue weighted by atomic mass is 79.9. The topological polar surface area (TPSA) is 59.6 Å². The van der Waals surface area contributed by atoms with Crippen molar-refractivity contribution in [3.63, 3.8) is 0 Å². The summed E-state index contributed by atoms with van der Waals surface area (Å²) in [5.41, 5.74) is 1.07. The quantitative estimate of drug-likeness (QED) is 0.665. The smallest absolute Gasteiger partial charge is 0.221 e. The van der Waals surface area contributed by atoms with Crippen molar-refractivity contribution in [3.05, 3.63) is 22.2 Å². The molecule has 21 heavy (non-hydrogen) atoms. The van der Waals surface area contributed by atoms with Gasteiger partial charge in [0.05, 0.1) is 18.2 Å². The van der Waals surface area contributed by atoms with E-state index in [9.17, 15) is 4.79 Å². The number of halogens is 1. The molecule has 118 valence electrons. The summed E-state index contributed by atoms with van der Waals surface area (Å²) < 4.78 is 11.8. The summed E-state index contributed by atoms with van der Waals surface area (Å²) in [7, 11) is 1.62. The molecule has 0 fully saturated rings. The number of carbonyl (C=O) groups excluding carboxylic acids is 1. The molecular formula is C15H23BrN2O3. The summed E-state index contributed by atoms with van der Waals surface area (Å²) in [6.07, 6.45) is 0.475. The number of rotatable bonds is 9. The maximum atomic E-state index is 11.3. The maximum Gasteiger partial charge on any atom is 0.221 e. The van der Waals surface area contributed by atoms with Gasteiger partial charge >= 0.3 is 0 Å². The molecule has 0 bridgehead atoms. The molecule has 1 aromatic rings. The van der Waals surface area contributed by atoms with Crippen LogP contribution in [-0.4, -0.2) is 32.7 Å². The van der Waals surface area contributed by atoms with Crippen LogP contribution in [0.1, 0.15) is 25.8 Å². The summed E-state index contributed by atoms with van der Waals surface area (Å²) >= 11 is 3.50. The number of amides is 1. The fourth-order valence-corrected chi connectivity index (χ4v) is 2.48. The van der Waals surface area contributed by atoms with Crippen molar-refractivity contribution < 1.29 is 14.3 Å². The van der Waals surface area contributed by atoms with E-state index >= 15 is 0 Å². The molecule has 6 heteroatoms. The van der Waals surface area contributed by atoms with E-state index in [0.717, 1.165) is 10.0 Å². The highest BCUT2D eigenvalue weighted by Gasteiger charge is 2.11. The molecule has 0 heterocycles. The van der Waals surface area contributed by atoms with Crippen LogP contribution in [0.15, 0.2) is 16.6 Å². The van der Waals surface area contributed by atoms with Crippen molar-refractivity contribution in [2.45, 2.75) is 26.8 Å². The molecule has 0 aliphatic carbocycles. The molecule has 0 aliphatic rings. The van der Waals surface area contributed by atoms with Crippen LogP contribution in [0.4, 0.5) is 0 Å². The third-order valence-electron chi connectivity index (χ3n) is 2.81. The predicted octanol–water partition coefficient (Wildman–Crippen LogP) is 2.47. The van der Waals surface area contributed by atoms with Crippen LogP contribution >= 0.6 is 15.9 Å². The summed E-state index contributed by atoms with van der Waals surface area (Å²) in [5.74, 6) is 1.48. The van der Waals surface area contributed by atoms with Crippen molar-refractivity contribution in [3.8, 4) is 11.5 Å². The van der Waals surface area contributed by atoms with Gasteiger partial charge < -0.3 is 20.1 Å². The Hall–Kier alpha value is -1.27. The lowest BCUT2D eigenvalue weighted by molar-refractivity contribution is -0.120. The zero-order valence-corrected chi connectivity index (χ0v) is 14.4. The first-order valence-corrected chi connectivity index (χ1v) is 7.88. The first kappa shape index (κ1) is 17.8. The van der Waals surface area contributed by atoms with Crippen LogP contribution in [0.3, 0.4) is 0 Å². The molecular weight excluding hydrogens is 336 g/mol. The second-order valence-electron chi connectivity index (χ2n) is 4.42. The molecule has 1 aromatic carbocycles. The summed E-state index contributed by atoms with van der Waals surface area (Å²) in [4.78, 5) is 11.3. The lowest BCUT2D eigenvalue weighted by atomic mass is 10.2. The van der Waals surface area contributed by atoms with Gasteiger partial charge in [-0.3, -0.25) is 4.79 Å². The minimum absolute atomic E-state index is 0.0652. The Morgan fingerprint density at radius 1 is 1.33 bits per heavy atom. The van der Waals surface area contributed by atoms with Crippen molar-refractivity contribution >= 4 is 21.8 Å². The first-order chi connectivity index (χ1) is 10.1. The molecule has 0 aromatic heterocycles. The van der Waals surface area contributed by atoms with Gasteiger partial charge in [-0.25, -0.2) is 0 Å². The summed E-state index contributed by atoms with van der Waals surface area (Å²) in [5, 5.41) is 6.01. The van der Waals surface area contributed by atoms with Crippen LogP contribution in [0.25, 0.3) is 0 Å². The number of ether oxygens (including phenoxy) is 2. The van der Waals surface area contributed by atoms with E-state index < -0.39 is 0 Å². The van der Waals surface area contributed by atoms with E-state index in [1.807, 2.05) is 26.0 Å². The zero-order chi connectivity index (χ0) is 15.7. The average Bonchev–Trinajstić information content (AvgIpc) is 2.46. The fraction of sp³-hybridized carbons (Fsp3) is 0.533. The van der Waals surface area contributed by atoms with E-state index in [4.69, 9.17) is 9.47 Å². The zero-order valence-electron chi connectivity index (χ0n) is 12.8. The molecule has 2 N–H and O–H groups in total. The Morgan fingerprint density at radius 3 is 2.71 bits per heavy atom. The van der Waals surface area contributed by atoms with Crippen LogP contribution in [-0.2, 0) is 11.3 Å². The van der Waals surface area contributed by atoms with Gasteiger partial charge in [-0.2, -0.15) is 0 Å². The second kappa shape index (κ2) is 9.63. The van der Waals surface area contributed by atoms with Gasteiger partial charge in [0.15, 0.2) is 11.5 Å². The fourth-order valence-electron chi connectivity index (χ4n) is 1.88. The highest BCUT2D eigenvalue weighted by molar-refractivity contribution is 9.10. The van der Waals surface area contributed by atoms with Gasteiger partial charge in [0.25, 0.3) is 0 Å². The lowest BCUT2D eigenvalue weighted by Crippen LogP contribution is -2.27. The van der Waals surface area contributed by atoms with Crippen LogP contribution in [0.5, 0.6) is 11.5 Å². The third-order valence-corrected chi connectivity index (χ3v) is 3.40. The number of carbonyl (C=O) groups is 1. The van der Waals surface area contributed by atoms with Crippen LogP contribution in [0, 0.1) is 0 Å². The standard InChI is InChI=1S/C15H23BrN2O3/c1-4-18-14(19)6-7-17-10-11-8-12(16)15(21-5-2)13(9-11)20-3/h8-9,17H,4-7,10H2,1-3H3,(H,18,19). The Morgan fingerprint density at radius 2 is 2.10 bits per heavy atom. The number of nitrogens with one attached hydrogen (secondary N) is 2. The minimum atomic E-state index is 0.0652. The normalized spacial score (nSPS) is 10.3. The molecule has 0 radical (unpaired) electrons. The molecule has 1 amide bonds. The largest absolute Gasteiger partial charge is 0.493 e. The average molecular weight is 359 g/mol. The number of hydrogen-bond acceptors (Lipinski definition) is 4. The molecule has 0 unspecified atom stereocenters. The van der Waals surface area contributed by atoms with Gasteiger partial charge in [-0.1, -0.05) is 0 Å². The van der Waals surface area contributed by atoms with Gasteiger partial charge in [0.1, 0.15) is 0 Å². The highest BCUT2D eigenvalue weighted by Crippen LogP contribution is 2.36. The van der Waals surface area contributed by atoms with E-state index in [1.165, 1.54) is 0 Å². The molecule has 0 spiro atoms. The molecule has 0 atom stereocenters. The van der Waals surface area contributed by atoms with Crippen molar-refractivity contribution in [2.24, 2.45) is 0 Å². The van der Waals surface area contributed by atoms with Gasteiger partial charge in [-0.15, -0.1) is 0 Å². The SMILES string of the molecule is CCNC(=O)CCNCc1cc(Br)c(OCC)c(OC)c1. The Bertz CT molecular complexity index is 466. The number of methoxy groups -OCH3 is 1. The number of benzene rings is 1. The van der Waals surface area contributed by atoms with E-state index in [1.54, 1.807) is 7.11 Å². The van der Waals surface area contributed by atoms with Crippen LogP contribution in [0.2, 0.25) is 0 Å². The molecule has 0 saturated carbocycles. The monoisotopic (exact) mass is 358 g/mol. The molecule has 1 rings (SSSR count). The maximum absolute atomic E-state index is 11.3. The molecule has 0 saturated heterocycles. The van der Waals surface area contributed by atoms with Crippen molar-refractivity contribution in [1.29, 1.82) is 0 Å². The van der Waals surface area contributed by atoms with Crippen molar-refractivity contribution in [2.75, 3.05) is 26.8 Å².